The summed E-state index contributed by atoms with van der Waals surface area (Å²) >= 11 is 0. The topological polar surface area (TPSA) is 153 Å². The quantitative estimate of drug-likeness (QED) is 0.413. The maximum atomic E-state index is 13.6. The van der Waals surface area contributed by atoms with Gasteiger partial charge in [0.15, 0.2) is 11.5 Å². The Kier molecular flexibility index (Phi) is 10.7. The van der Waals surface area contributed by atoms with Gasteiger partial charge in [-0.25, -0.2) is 4.98 Å². The number of hydrogen-bond acceptors (Lipinski definition) is 8. The number of nitrogens with one attached hydrogen (secondary N) is 1. The van der Waals surface area contributed by atoms with Gasteiger partial charge in [-0.05, 0) is 55.2 Å². The first-order valence-corrected chi connectivity index (χ1v) is 15.6. The van der Waals surface area contributed by atoms with Gasteiger partial charge in [0.1, 0.15) is 6.61 Å². The van der Waals surface area contributed by atoms with Gasteiger partial charge in [0.2, 0.25) is 11.8 Å². The summed E-state index contributed by atoms with van der Waals surface area (Å²) in [5, 5.41) is 9.99. The van der Waals surface area contributed by atoms with Crippen molar-refractivity contribution in [3.63, 3.8) is 0 Å². The molecule has 2 fully saturated rings. The van der Waals surface area contributed by atoms with Crippen LogP contribution in [0.1, 0.15) is 41.1 Å². The Labute approximate surface area is 267 Å². The molecule has 0 saturated carbocycles. The molecule has 4 heterocycles. The summed E-state index contributed by atoms with van der Waals surface area (Å²) in [6.45, 7) is 3.28. The van der Waals surface area contributed by atoms with Gasteiger partial charge >= 0.3 is 0 Å². The maximum absolute atomic E-state index is 13.6. The minimum Gasteiger partial charge on any atom is -0.493 e. The highest BCUT2D eigenvalue weighted by atomic mass is 16.5. The van der Waals surface area contributed by atoms with Crippen molar-refractivity contribution in [2.24, 2.45) is 18.9 Å². The number of aryl methyl sites for hydroxylation is 1. The first kappa shape index (κ1) is 32.7. The number of benzene rings is 2. The molecule has 2 atom stereocenters. The van der Waals surface area contributed by atoms with E-state index in [1.807, 2.05) is 52.9 Å². The molecule has 246 valence electrons. The highest BCUT2D eigenvalue weighted by Gasteiger charge is 2.42. The number of nitrogens with zero attached hydrogens (tertiary/aromatic N) is 4. The van der Waals surface area contributed by atoms with Gasteiger partial charge in [0.05, 0.1) is 36.9 Å². The molecule has 0 aliphatic carbocycles. The molecule has 46 heavy (non-hydrogen) atoms. The number of hydrogen-bond donors (Lipinski definition) is 2. The van der Waals surface area contributed by atoms with Crippen LogP contribution >= 0.6 is 0 Å². The lowest BCUT2D eigenvalue weighted by molar-refractivity contribution is -0.137. The van der Waals surface area contributed by atoms with Crippen LogP contribution in [0.5, 0.6) is 11.5 Å². The van der Waals surface area contributed by atoms with E-state index in [1.54, 1.807) is 18.3 Å². The van der Waals surface area contributed by atoms with Gasteiger partial charge in [0, 0.05) is 63.8 Å². The van der Waals surface area contributed by atoms with Crippen LogP contribution in [-0.4, -0.2) is 108 Å². The van der Waals surface area contributed by atoms with E-state index in [1.165, 1.54) is 0 Å². The van der Waals surface area contributed by atoms with Gasteiger partial charge in [-0.15, -0.1) is 0 Å². The molecule has 0 radical (unpaired) electrons. The second kappa shape index (κ2) is 15.1. The number of amides is 3. The van der Waals surface area contributed by atoms with Crippen molar-refractivity contribution in [2.75, 3.05) is 59.7 Å². The number of methoxy groups -OCH3 is 1. The summed E-state index contributed by atoms with van der Waals surface area (Å²) in [6.07, 6.45) is 3.73. The average molecular weight is 636 g/mol. The number of carboxylic acid groups (broad SMARTS) is 1. The molecular formula is C33H41N5O8. The van der Waals surface area contributed by atoms with Crippen LogP contribution in [-0.2, 0) is 26.2 Å². The summed E-state index contributed by atoms with van der Waals surface area (Å²) < 4.78 is 19.2. The molecule has 13 heteroatoms. The monoisotopic (exact) mass is 635 g/mol. The van der Waals surface area contributed by atoms with Crippen LogP contribution in [0.4, 0.5) is 0 Å². The molecule has 1 aromatic heterocycles. The number of carbonyl (C=O) groups excluding carboxylic acids is 3. The van der Waals surface area contributed by atoms with Gasteiger partial charge in [-0.2, -0.15) is 0 Å². The zero-order valence-corrected chi connectivity index (χ0v) is 26.2. The smallest absolute Gasteiger partial charge is 0.290 e. The first-order chi connectivity index (χ1) is 22.3. The van der Waals surface area contributed by atoms with Crippen molar-refractivity contribution in [2.45, 2.75) is 25.2 Å². The third kappa shape index (κ3) is 7.25. The fourth-order valence-electron chi connectivity index (χ4n) is 6.47. The number of aromatic nitrogens is 2. The second-order valence-corrected chi connectivity index (χ2v) is 11.7. The molecule has 3 aliphatic heterocycles. The third-order valence-corrected chi connectivity index (χ3v) is 8.94. The van der Waals surface area contributed by atoms with E-state index in [9.17, 15) is 14.4 Å². The number of rotatable bonds is 3. The summed E-state index contributed by atoms with van der Waals surface area (Å²) in [7, 11) is 3.51. The number of fused-ring (bicyclic) bond motifs is 5. The van der Waals surface area contributed by atoms with Crippen molar-refractivity contribution in [3.8, 4) is 11.5 Å². The fourth-order valence-corrected chi connectivity index (χ4v) is 6.47. The lowest BCUT2D eigenvalue weighted by Crippen LogP contribution is -2.40. The van der Waals surface area contributed by atoms with E-state index >= 15 is 0 Å². The lowest BCUT2D eigenvalue weighted by Gasteiger charge is -2.26. The van der Waals surface area contributed by atoms with Crippen molar-refractivity contribution in [3.05, 3.63) is 53.9 Å². The predicted octanol–water partition coefficient (Wildman–Crippen LogP) is 2.29. The molecular weight excluding hydrogens is 594 g/mol. The molecule has 2 saturated heterocycles. The summed E-state index contributed by atoms with van der Waals surface area (Å²) in [4.78, 5) is 57.0. The van der Waals surface area contributed by atoms with Crippen LogP contribution in [0.2, 0.25) is 0 Å². The van der Waals surface area contributed by atoms with Gasteiger partial charge in [-0.3, -0.25) is 19.2 Å². The minimum atomic E-state index is -0.393. The van der Waals surface area contributed by atoms with Crippen LogP contribution in [0.15, 0.2) is 42.7 Å². The van der Waals surface area contributed by atoms with E-state index in [-0.39, 0.29) is 42.6 Å². The van der Waals surface area contributed by atoms with Crippen molar-refractivity contribution in [1.29, 1.82) is 0 Å². The highest BCUT2D eigenvalue weighted by molar-refractivity contribution is 5.97. The van der Waals surface area contributed by atoms with Crippen LogP contribution in [0.25, 0.3) is 11.0 Å². The van der Waals surface area contributed by atoms with Gasteiger partial charge < -0.3 is 39.0 Å². The van der Waals surface area contributed by atoms with Crippen LogP contribution in [0, 0.1) is 11.8 Å². The molecule has 3 aliphatic rings. The lowest BCUT2D eigenvalue weighted by atomic mass is 9.88. The molecule has 2 bridgehead atoms. The Morgan fingerprint density at radius 1 is 1.04 bits per heavy atom. The SMILES string of the molecule is COc1ccc2cc1OCCN(C(=O)c1ccc3c(c1)ncn3C)CCCNC(=O)[C@H]1CN(C(=O)C3CCOCC3)C[C@H]21.O=CO. The molecule has 3 amide bonds. The number of carbonyl (C=O) groups is 4. The van der Waals surface area contributed by atoms with E-state index in [0.717, 1.165) is 16.6 Å². The molecule has 0 unspecified atom stereocenters. The Morgan fingerprint density at radius 3 is 2.57 bits per heavy atom. The average Bonchev–Trinajstić information content (AvgIpc) is 3.69. The Morgan fingerprint density at radius 2 is 1.80 bits per heavy atom. The van der Waals surface area contributed by atoms with Crippen molar-refractivity contribution < 1.29 is 38.5 Å². The van der Waals surface area contributed by atoms with E-state index < -0.39 is 5.92 Å². The van der Waals surface area contributed by atoms with Crippen molar-refractivity contribution in [1.82, 2.24) is 24.7 Å². The van der Waals surface area contributed by atoms with E-state index in [2.05, 4.69) is 10.3 Å². The second-order valence-electron chi connectivity index (χ2n) is 11.7. The summed E-state index contributed by atoms with van der Waals surface area (Å²) in [6, 6.07) is 11.3. The zero-order chi connectivity index (χ0) is 32.6. The number of ether oxygens (including phenoxy) is 3. The highest BCUT2D eigenvalue weighted by Crippen LogP contribution is 2.38. The van der Waals surface area contributed by atoms with Crippen LogP contribution < -0.4 is 14.8 Å². The van der Waals surface area contributed by atoms with Gasteiger partial charge in [0.25, 0.3) is 12.4 Å². The largest absolute Gasteiger partial charge is 0.493 e. The predicted molar refractivity (Wildman–Crippen MR) is 168 cm³/mol. The number of imidazole rings is 1. The Bertz CT molecular complexity index is 1550. The molecule has 13 nitrogen and oxygen atoms in total. The minimum absolute atomic E-state index is 0.0676. The third-order valence-electron chi connectivity index (χ3n) is 8.94. The standard InChI is InChI=1S/C32H39N5O6.CH2O2/c1-35-20-34-26-16-23(4-6-27(26)35)32(40)36-11-3-10-33-30(38)25-19-37(31(39)21-8-13-42-14-9-21)18-24(25)22-5-7-28(41-2)29(17-22)43-15-12-36;2-1-3/h4-7,16-17,20-21,24-25H,3,8-15,18-19H2,1-2H3,(H,33,38);1H,(H,2,3)/t24-,25+;/m1./s1. The van der Waals surface area contributed by atoms with E-state index in [4.69, 9.17) is 24.1 Å². The summed E-state index contributed by atoms with van der Waals surface area (Å²) in [5.74, 6) is 0.396. The zero-order valence-electron chi connectivity index (χ0n) is 26.2. The summed E-state index contributed by atoms with van der Waals surface area (Å²) in [5.41, 5.74) is 3.19. The fraction of sp³-hybridized carbons (Fsp3) is 0.485. The molecule has 2 N–H and O–H groups in total. The Hall–Kier alpha value is -4.65. The molecule has 6 rings (SSSR count). The maximum Gasteiger partial charge on any atom is 0.290 e. The van der Waals surface area contributed by atoms with Gasteiger partial charge in [-0.1, -0.05) is 6.07 Å². The number of likely N-dealkylation sites (tertiary alicyclic amines) is 1. The molecule has 2 aromatic carbocycles. The normalized spacial score (nSPS) is 20.8. The van der Waals surface area contributed by atoms with E-state index in [0.29, 0.717) is 82.3 Å². The van der Waals surface area contributed by atoms with Crippen LogP contribution in [0.3, 0.4) is 0 Å². The van der Waals surface area contributed by atoms with Crippen molar-refractivity contribution >= 4 is 35.2 Å². The first-order valence-electron chi connectivity index (χ1n) is 15.6. The Balaban J connectivity index is 0.00000134. The molecule has 0 spiro atoms. The molecule has 3 aromatic rings.